The Labute approximate surface area is 163 Å². The van der Waals surface area contributed by atoms with Crippen LogP contribution < -0.4 is 10.6 Å². The number of aromatic nitrogens is 2. The van der Waals surface area contributed by atoms with Gasteiger partial charge in [0.05, 0.1) is 10.7 Å². The van der Waals surface area contributed by atoms with E-state index in [0.717, 1.165) is 5.56 Å². The summed E-state index contributed by atoms with van der Waals surface area (Å²) >= 11 is 6.24. The first kappa shape index (κ1) is 18.9. The lowest BCUT2D eigenvalue weighted by Gasteiger charge is -2.20. The van der Waals surface area contributed by atoms with Gasteiger partial charge in [0.25, 0.3) is 5.91 Å². The lowest BCUT2D eigenvalue weighted by Crippen LogP contribution is -2.41. The SMILES string of the molecule is CC(C)(C)NC(=O)c1cc(Nc2ccccc2Cl)nc(-c2ccccc2)n1. The van der Waals surface area contributed by atoms with E-state index in [1.54, 1.807) is 12.1 Å². The van der Waals surface area contributed by atoms with Crippen molar-refractivity contribution < 1.29 is 4.79 Å². The number of nitrogens with zero attached hydrogens (tertiary/aromatic N) is 2. The molecule has 0 aliphatic rings. The second-order valence-corrected chi connectivity index (χ2v) is 7.54. The average molecular weight is 381 g/mol. The fourth-order valence-corrected chi connectivity index (χ4v) is 2.63. The van der Waals surface area contributed by atoms with E-state index < -0.39 is 0 Å². The highest BCUT2D eigenvalue weighted by molar-refractivity contribution is 6.33. The molecule has 138 valence electrons. The summed E-state index contributed by atoms with van der Waals surface area (Å²) in [5.74, 6) is 0.701. The van der Waals surface area contributed by atoms with E-state index in [2.05, 4.69) is 20.6 Å². The predicted molar refractivity (Wildman–Crippen MR) is 109 cm³/mol. The van der Waals surface area contributed by atoms with Crippen LogP contribution in [-0.4, -0.2) is 21.4 Å². The Morgan fingerprint density at radius 3 is 2.30 bits per heavy atom. The van der Waals surface area contributed by atoms with Gasteiger partial charge in [-0.1, -0.05) is 54.1 Å². The van der Waals surface area contributed by atoms with Crippen molar-refractivity contribution in [3.05, 3.63) is 71.4 Å². The third kappa shape index (κ3) is 5.05. The highest BCUT2D eigenvalue weighted by atomic mass is 35.5. The van der Waals surface area contributed by atoms with E-state index in [4.69, 9.17) is 11.6 Å². The van der Waals surface area contributed by atoms with Gasteiger partial charge in [0.15, 0.2) is 5.82 Å². The van der Waals surface area contributed by atoms with Crippen molar-refractivity contribution in [1.29, 1.82) is 0 Å². The molecule has 1 heterocycles. The lowest BCUT2D eigenvalue weighted by molar-refractivity contribution is 0.0914. The molecule has 0 aliphatic carbocycles. The first-order chi connectivity index (χ1) is 12.8. The van der Waals surface area contributed by atoms with Gasteiger partial charge in [0.1, 0.15) is 11.5 Å². The maximum absolute atomic E-state index is 12.7. The second-order valence-electron chi connectivity index (χ2n) is 7.14. The quantitative estimate of drug-likeness (QED) is 0.663. The lowest BCUT2D eigenvalue weighted by atomic mass is 10.1. The Morgan fingerprint density at radius 2 is 1.63 bits per heavy atom. The van der Waals surface area contributed by atoms with Crippen molar-refractivity contribution in [2.75, 3.05) is 5.32 Å². The molecule has 0 fully saturated rings. The molecule has 1 aromatic heterocycles. The number of para-hydroxylation sites is 1. The molecule has 0 radical (unpaired) electrons. The number of hydrogen-bond donors (Lipinski definition) is 2. The summed E-state index contributed by atoms with van der Waals surface area (Å²) in [7, 11) is 0. The number of nitrogens with one attached hydrogen (secondary N) is 2. The van der Waals surface area contributed by atoms with Crippen molar-refractivity contribution in [2.45, 2.75) is 26.3 Å². The Balaban J connectivity index is 2.03. The van der Waals surface area contributed by atoms with Crippen LogP contribution in [0, 0.1) is 0 Å². The number of benzene rings is 2. The van der Waals surface area contributed by atoms with Crippen LogP contribution >= 0.6 is 11.6 Å². The topological polar surface area (TPSA) is 66.9 Å². The zero-order valence-corrected chi connectivity index (χ0v) is 16.2. The molecule has 27 heavy (non-hydrogen) atoms. The molecule has 0 saturated carbocycles. The summed E-state index contributed by atoms with van der Waals surface area (Å²) < 4.78 is 0. The van der Waals surface area contributed by atoms with Crippen LogP contribution in [0.5, 0.6) is 0 Å². The van der Waals surface area contributed by atoms with Gasteiger partial charge in [-0.25, -0.2) is 9.97 Å². The Morgan fingerprint density at radius 1 is 0.963 bits per heavy atom. The maximum Gasteiger partial charge on any atom is 0.270 e. The van der Waals surface area contributed by atoms with Gasteiger partial charge in [0, 0.05) is 17.2 Å². The number of amides is 1. The fraction of sp³-hybridized carbons (Fsp3) is 0.190. The van der Waals surface area contributed by atoms with E-state index >= 15 is 0 Å². The van der Waals surface area contributed by atoms with E-state index in [-0.39, 0.29) is 17.1 Å². The van der Waals surface area contributed by atoms with Gasteiger partial charge in [-0.05, 0) is 32.9 Å². The normalized spacial score (nSPS) is 11.1. The van der Waals surface area contributed by atoms with Gasteiger partial charge >= 0.3 is 0 Å². The van der Waals surface area contributed by atoms with Crippen molar-refractivity contribution >= 4 is 29.0 Å². The molecule has 0 atom stereocenters. The third-order valence-corrected chi connectivity index (χ3v) is 3.95. The minimum atomic E-state index is -0.370. The van der Waals surface area contributed by atoms with Crippen molar-refractivity contribution in [1.82, 2.24) is 15.3 Å². The van der Waals surface area contributed by atoms with E-state index in [0.29, 0.717) is 22.4 Å². The van der Waals surface area contributed by atoms with Gasteiger partial charge in [-0.3, -0.25) is 4.79 Å². The first-order valence-corrected chi connectivity index (χ1v) is 8.98. The summed E-state index contributed by atoms with van der Waals surface area (Å²) in [5.41, 5.74) is 1.45. The maximum atomic E-state index is 12.7. The van der Waals surface area contributed by atoms with Crippen molar-refractivity contribution in [2.24, 2.45) is 0 Å². The number of hydrogen-bond acceptors (Lipinski definition) is 4. The van der Waals surface area contributed by atoms with Crippen molar-refractivity contribution in [3.8, 4) is 11.4 Å². The smallest absolute Gasteiger partial charge is 0.270 e. The molecule has 3 rings (SSSR count). The molecule has 0 bridgehead atoms. The molecule has 5 nitrogen and oxygen atoms in total. The number of rotatable bonds is 4. The zero-order chi connectivity index (χ0) is 19.4. The highest BCUT2D eigenvalue weighted by Gasteiger charge is 2.19. The molecule has 0 spiro atoms. The van der Waals surface area contributed by atoms with E-state index in [9.17, 15) is 4.79 Å². The number of carbonyl (C=O) groups excluding carboxylic acids is 1. The molecule has 6 heteroatoms. The van der Waals surface area contributed by atoms with Crippen LogP contribution in [0.4, 0.5) is 11.5 Å². The van der Waals surface area contributed by atoms with Crippen LogP contribution in [0.2, 0.25) is 5.02 Å². The van der Waals surface area contributed by atoms with Gasteiger partial charge < -0.3 is 10.6 Å². The van der Waals surface area contributed by atoms with Crippen LogP contribution in [0.1, 0.15) is 31.3 Å². The van der Waals surface area contributed by atoms with Crippen LogP contribution in [0.3, 0.4) is 0 Å². The molecule has 2 aromatic carbocycles. The Hall–Kier alpha value is -2.92. The van der Waals surface area contributed by atoms with E-state index in [1.165, 1.54) is 0 Å². The first-order valence-electron chi connectivity index (χ1n) is 8.60. The minimum Gasteiger partial charge on any atom is -0.346 e. The largest absolute Gasteiger partial charge is 0.346 e. The second kappa shape index (κ2) is 7.76. The summed E-state index contributed by atoms with van der Waals surface area (Å²) in [6, 6.07) is 18.5. The summed E-state index contributed by atoms with van der Waals surface area (Å²) in [4.78, 5) is 21.7. The zero-order valence-electron chi connectivity index (χ0n) is 15.5. The number of carbonyl (C=O) groups is 1. The predicted octanol–water partition coefficient (Wildman–Crippen LogP) is 5.07. The van der Waals surface area contributed by atoms with E-state index in [1.807, 2.05) is 69.3 Å². The monoisotopic (exact) mass is 380 g/mol. The Kier molecular flexibility index (Phi) is 5.42. The fourth-order valence-electron chi connectivity index (χ4n) is 2.45. The highest BCUT2D eigenvalue weighted by Crippen LogP contribution is 2.26. The molecule has 1 amide bonds. The summed E-state index contributed by atoms with van der Waals surface area (Å²) in [6.45, 7) is 5.77. The molecule has 3 aromatic rings. The molecular weight excluding hydrogens is 360 g/mol. The molecular formula is C21H21ClN4O. The number of anilines is 2. The van der Waals surface area contributed by atoms with Gasteiger partial charge in [-0.15, -0.1) is 0 Å². The standard InChI is InChI=1S/C21H21ClN4O/c1-21(2,3)26-20(27)17-13-18(23-16-12-8-7-11-15(16)22)25-19(24-17)14-9-5-4-6-10-14/h4-13H,1-3H3,(H,26,27)(H,23,24,25). The van der Waals surface area contributed by atoms with Crippen LogP contribution in [0.15, 0.2) is 60.7 Å². The van der Waals surface area contributed by atoms with Crippen LogP contribution in [-0.2, 0) is 0 Å². The average Bonchev–Trinajstić information content (AvgIpc) is 2.63. The van der Waals surface area contributed by atoms with Crippen molar-refractivity contribution in [3.63, 3.8) is 0 Å². The summed E-state index contributed by atoms with van der Waals surface area (Å²) in [5, 5.41) is 6.68. The third-order valence-electron chi connectivity index (χ3n) is 3.62. The van der Waals surface area contributed by atoms with Crippen LogP contribution in [0.25, 0.3) is 11.4 Å². The molecule has 0 unspecified atom stereocenters. The van der Waals surface area contributed by atoms with Gasteiger partial charge in [0.2, 0.25) is 0 Å². The Bertz CT molecular complexity index is 952. The molecule has 2 N–H and O–H groups in total. The van der Waals surface area contributed by atoms with Gasteiger partial charge in [-0.2, -0.15) is 0 Å². The summed E-state index contributed by atoms with van der Waals surface area (Å²) in [6.07, 6.45) is 0. The minimum absolute atomic E-state index is 0.260. The molecule has 0 saturated heterocycles. The number of halogens is 1. The molecule has 0 aliphatic heterocycles.